The molecule has 2 rings (SSSR count). The van der Waals surface area contributed by atoms with Gasteiger partial charge in [0.2, 0.25) is 0 Å². The summed E-state index contributed by atoms with van der Waals surface area (Å²) >= 11 is 0. The van der Waals surface area contributed by atoms with Crippen LogP contribution in [0.2, 0.25) is 0 Å². The maximum Gasteiger partial charge on any atom is 0.146 e. The third kappa shape index (κ3) is 3.08. The second-order valence-corrected chi connectivity index (χ2v) is 4.61. The number of hydrogen-bond acceptors (Lipinski definition) is 3. The van der Waals surface area contributed by atoms with Gasteiger partial charge in [-0.25, -0.2) is 4.39 Å². The van der Waals surface area contributed by atoms with E-state index in [9.17, 15) is 9.50 Å². The van der Waals surface area contributed by atoms with Crippen molar-refractivity contribution in [2.45, 2.75) is 13.2 Å². The van der Waals surface area contributed by atoms with Crippen LogP contribution in [0.25, 0.3) is 0 Å². The highest BCUT2D eigenvalue weighted by Gasteiger charge is 2.12. The van der Waals surface area contributed by atoms with E-state index < -0.39 is 0 Å². The molecule has 0 aliphatic carbocycles. The molecule has 2 aromatic rings. The van der Waals surface area contributed by atoms with Gasteiger partial charge in [-0.3, -0.25) is 0 Å². The van der Waals surface area contributed by atoms with E-state index in [0.717, 1.165) is 11.3 Å². The smallest absolute Gasteiger partial charge is 0.146 e. The summed E-state index contributed by atoms with van der Waals surface area (Å²) in [6, 6.07) is 12.4. The lowest BCUT2D eigenvalue weighted by Crippen LogP contribution is -2.19. The Balaban J connectivity index is 2.21. The highest BCUT2D eigenvalue weighted by Crippen LogP contribution is 2.25. The summed E-state index contributed by atoms with van der Waals surface area (Å²) < 4.78 is 19.0. The number of anilines is 1. The van der Waals surface area contributed by atoms with E-state index in [2.05, 4.69) is 0 Å². The van der Waals surface area contributed by atoms with Crippen LogP contribution >= 0.6 is 0 Å². The van der Waals surface area contributed by atoms with E-state index in [0.29, 0.717) is 17.8 Å². The SMILES string of the molecule is COc1ccc(CN(C)c2c(F)cccc2CO)cc1. The molecule has 0 radical (unpaired) electrons. The molecule has 0 heterocycles. The van der Waals surface area contributed by atoms with Gasteiger partial charge in [0.25, 0.3) is 0 Å². The van der Waals surface area contributed by atoms with Crippen LogP contribution in [0.5, 0.6) is 5.75 Å². The predicted octanol–water partition coefficient (Wildman–Crippen LogP) is 2.96. The fourth-order valence-corrected chi connectivity index (χ4v) is 2.20. The largest absolute Gasteiger partial charge is 0.497 e. The molecule has 106 valence electrons. The van der Waals surface area contributed by atoms with Crippen molar-refractivity contribution in [3.05, 3.63) is 59.4 Å². The molecule has 0 unspecified atom stereocenters. The van der Waals surface area contributed by atoms with E-state index in [1.165, 1.54) is 6.07 Å². The summed E-state index contributed by atoms with van der Waals surface area (Å²) in [4.78, 5) is 1.79. The summed E-state index contributed by atoms with van der Waals surface area (Å²) in [5, 5.41) is 9.32. The Morgan fingerprint density at radius 3 is 2.45 bits per heavy atom. The fraction of sp³-hybridized carbons (Fsp3) is 0.250. The topological polar surface area (TPSA) is 32.7 Å². The summed E-state index contributed by atoms with van der Waals surface area (Å²) in [6.45, 7) is 0.373. The zero-order valence-corrected chi connectivity index (χ0v) is 11.6. The van der Waals surface area contributed by atoms with Crippen LogP contribution in [0.3, 0.4) is 0 Å². The Kier molecular flexibility index (Phi) is 4.58. The third-order valence-corrected chi connectivity index (χ3v) is 3.20. The van der Waals surface area contributed by atoms with Crippen molar-refractivity contribution in [2.75, 3.05) is 19.1 Å². The van der Waals surface area contributed by atoms with E-state index in [4.69, 9.17) is 4.74 Å². The molecule has 0 saturated heterocycles. The number of benzene rings is 2. The van der Waals surface area contributed by atoms with Gasteiger partial charge in [0.1, 0.15) is 11.6 Å². The molecular weight excluding hydrogens is 257 g/mol. The van der Waals surface area contributed by atoms with Crippen LogP contribution in [-0.4, -0.2) is 19.3 Å². The first kappa shape index (κ1) is 14.3. The summed E-state index contributed by atoms with van der Waals surface area (Å²) in [5.74, 6) is 0.464. The van der Waals surface area contributed by atoms with Crippen molar-refractivity contribution in [2.24, 2.45) is 0 Å². The number of rotatable bonds is 5. The molecule has 0 fully saturated rings. The molecule has 0 aliphatic heterocycles. The van der Waals surface area contributed by atoms with Gasteiger partial charge in [0, 0.05) is 19.2 Å². The summed E-state index contributed by atoms with van der Waals surface area (Å²) in [5.41, 5.74) is 2.06. The number of hydrogen-bond donors (Lipinski definition) is 1. The maximum atomic E-state index is 13.9. The van der Waals surface area contributed by atoms with Crippen molar-refractivity contribution >= 4 is 5.69 Å². The van der Waals surface area contributed by atoms with Crippen LogP contribution in [0, 0.1) is 5.82 Å². The Morgan fingerprint density at radius 1 is 1.15 bits per heavy atom. The lowest BCUT2D eigenvalue weighted by Gasteiger charge is -2.22. The minimum atomic E-state index is -0.326. The van der Waals surface area contributed by atoms with Crippen molar-refractivity contribution in [3.63, 3.8) is 0 Å². The fourth-order valence-electron chi connectivity index (χ4n) is 2.20. The molecule has 0 atom stereocenters. The van der Waals surface area contributed by atoms with E-state index in [1.54, 1.807) is 24.1 Å². The molecule has 1 N–H and O–H groups in total. The number of halogens is 1. The molecule has 3 nitrogen and oxygen atoms in total. The molecule has 2 aromatic carbocycles. The molecule has 0 aliphatic rings. The second kappa shape index (κ2) is 6.39. The average Bonchev–Trinajstić information content (AvgIpc) is 2.47. The van der Waals surface area contributed by atoms with Crippen molar-refractivity contribution in [1.82, 2.24) is 0 Å². The third-order valence-electron chi connectivity index (χ3n) is 3.20. The van der Waals surface area contributed by atoms with Crippen LogP contribution in [0.4, 0.5) is 10.1 Å². The van der Waals surface area contributed by atoms with Crippen molar-refractivity contribution in [3.8, 4) is 5.75 Å². The molecular formula is C16H18FNO2. The van der Waals surface area contributed by atoms with Gasteiger partial charge in [-0.1, -0.05) is 24.3 Å². The quantitative estimate of drug-likeness (QED) is 0.910. The van der Waals surface area contributed by atoms with Crippen LogP contribution in [0.15, 0.2) is 42.5 Å². The van der Waals surface area contributed by atoms with Crippen molar-refractivity contribution in [1.29, 1.82) is 0 Å². The van der Waals surface area contributed by atoms with Gasteiger partial charge in [-0.2, -0.15) is 0 Å². The minimum absolute atomic E-state index is 0.181. The standard InChI is InChI=1S/C16H18FNO2/c1-18(10-12-6-8-14(20-2)9-7-12)16-13(11-19)4-3-5-15(16)17/h3-9,19H,10-11H2,1-2H3. The normalized spacial score (nSPS) is 10.4. The van der Waals surface area contributed by atoms with Crippen LogP contribution in [0.1, 0.15) is 11.1 Å². The lowest BCUT2D eigenvalue weighted by molar-refractivity contribution is 0.281. The number of aliphatic hydroxyl groups excluding tert-OH is 1. The molecule has 0 bridgehead atoms. The first-order valence-electron chi connectivity index (χ1n) is 6.38. The van der Waals surface area contributed by atoms with E-state index in [-0.39, 0.29) is 12.4 Å². The zero-order valence-electron chi connectivity index (χ0n) is 11.6. The Bertz CT molecular complexity index is 569. The number of nitrogens with zero attached hydrogens (tertiary/aromatic N) is 1. The van der Waals surface area contributed by atoms with E-state index >= 15 is 0 Å². The molecule has 0 amide bonds. The highest BCUT2D eigenvalue weighted by atomic mass is 19.1. The first-order valence-corrected chi connectivity index (χ1v) is 6.38. The summed E-state index contributed by atoms with van der Waals surface area (Å²) in [6.07, 6.45) is 0. The monoisotopic (exact) mass is 275 g/mol. The van der Waals surface area contributed by atoms with E-state index in [1.807, 2.05) is 31.3 Å². The van der Waals surface area contributed by atoms with Gasteiger partial charge in [-0.05, 0) is 23.8 Å². The molecule has 0 saturated carbocycles. The highest BCUT2D eigenvalue weighted by molar-refractivity contribution is 5.54. The summed E-state index contributed by atoms with van der Waals surface area (Å²) in [7, 11) is 3.43. The molecule has 4 heteroatoms. The maximum absolute atomic E-state index is 13.9. The number of aliphatic hydroxyl groups is 1. The van der Waals surface area contributed by atoms with Crippen molar-refractivity contribution < 1.29 is 14.2 Å². The van der Waals surface area contributed by atoms with Gasteiger partial charge >= 0.3 is 0 Å². The van der Waals surface area contributed by atoms with Crippen LogP contribution < -0.4 is 9.64 Å². The average molecular weight is 275 g/mol. The van der Waals surface area contributed by atoms with Crippen LogP contribution in [-0.2, 0) is 13.2 Å². The minimum Gasteiger partial charge on any atom is -0.497 e. The van der Waals surface area contributed by atoms with Gasteiger partial charge < -0.3 is 14.7 Å². The Labute approximate surface area is 118 Å². The zero-order chi connectivity index (χ0) is 14.5. The van der Waals surface area contributed by atoms with Gasteiger partial charge in [-0.15, -0.1) is 0 Å². The first-order chi connectivity index (χ1) is 9.65. The molecule has 0 aromatic heterocycles. The number of methoxy groups -OCH3 is 1. The second-order valence-electron chi connectivity index (χ2n) is 4.61. The predicted molar refractivity (Wildman–Crippen MR) is 77.4 cm³/mol. The number of ether oxygens (including phenoxy) is 1. The van der Waals surface area contributed by atoms with Gasteiger partial charge in [0.05, 0.1) is 19.4 Å². The van der Waals surface area contributed by atoms with Gasteiger partial charge in [0.15, 0.2) is 0 Å². The Morgan fingerprint density at radius 2 is 1.85 bits per heavy atom. The molecule has 0 spiro atoms. The Hall–Kier alpha value is -2.07. The lowest BCUT2D eigenvalue weighted by atomic mass is 10.1. The molecule has 20 heavy (non-hydrogen) atoms. The number of para-hydroxylation sites is 1.